The molecular weight excluding hydrogens is 240 g/mol. The van der Waals surface area contributed by atoms with E-state index < -0.39 is 11.5 Å². The molecule has 1 fully saturated rings. The fourth-order valence-corrected chi connectivity index (χ4v) is 2.66. The molecule has 1 aliphatic rings. The topological polar surface area (TPSA) is 52.6 Å². The first kappa shape index (κ1) is 13.9. The molecule has 0 aliphatic carbocycles. The molecule has 4 nitrogen and oxygen atoms in total. The Kier molecular flexibility index (Phi) is 4.10. The maximum Gasteiger partial charge on any atom is 0.329 e. The minimum absolute atomic E-state index is 0.632. The second kappa shape index (κ2) is 5.61. The quantitative estimate of drug-likeness (QED) is 0.878. The number of carbonyl (C=O) groups is 1. The molecule has 4 heteroatoms. The third-order valence-electron chi connectivity index (χ3n) is 3.87. The van der Waals surface area contributed by atoms with Crippen LogP contribution in [-0.2, 0) is 4.79 Å². The first-order valence-corrected chi connectivity index (χ1v) is 6.79. The SMILES string of the molecule is Cc1cccc(NC2(C(=O)O)CCCN(C)CC2)c1. The minimum Gasteiger partial charge on any atom is -0.480 e. The summed E-state index contributed by atoms with van der Waals surface area (Å²) in [6, 6.07) is 7.90. The van der Waals surface area contributed by atoms with Crippen LogP contribution in [0.1, 0.15) is 24.8 Å². The number of carboxylic acids is 1. The van der Waals surface area contributed by atoms with Crippen molar-refractivity contribution in [3.8, 4) is 0 Å². The number of aliphatic carboxylic acids is 1. The van der Waals surface area contributed by atoms with Gasteiger partial charge in [0.15, 0.2) is 0 Å². The van der Waals surface area contributed by atoms with Gasteiger partial charge in [0.1, 0.15) is 5.54 Å². The van der Waals surface area contributed by atoms with Crippen LogP contribution in [0.2, 0.25) is 0 Å². The van der Waals surface area contributed by atoms with Gasteiger partial charge in [-0.2, -0.15) is 0 Å². The van der Waals surface area contributed by atoms with Crippen LogP contribution in [0, 0.1) is 6.92 Å². The van der Waals surface area contributed by atoms with Crippen LogP contribution in [0.15, 0.2) is 24.3 Å². The summed E-state index contributed by atoms with van der Waals surface area (Å²) in [4.78, 5) is 13.9. The van der Waals surface area contributed by atoms with Crippen molar-refractivity contribution in [2.75, 3.05) is 25.5 Å². The Balaban J connectivity index is 2.22. The molecule has 1 saturated heterocycles. The standard InChI is InChI=1S/C15H22N2O2/c1-12-5-3-6-13(11-12)16-15(14(18)19)7-4-9-17(2)10-8-15/h3,5-6,11,16H,4,7-10H2,1-2H3,(H,18,19). The Morgan fingerprint density at radius 3 is 2.84 bits per heavy atom. The number of hydrogen-bond acceptors (Lipinski definition) is 3. The van der Waals surface area contributed by atoms with E-state index in [0.717, 1.165) is 30.8 Å². The van der Waals surface area contributed by atoms with Crippen LogP contribution in [0.25, 0.3) is 0 Å². The number of carboxylic acid groups (broad SMARTS) is 1. The number of rotatable bonds is 3. The number of nitrogens with zero attached hydrogens (tertiary/aromatic N) is 1. The third kappa shape index (κ3) is 3.26. The summed E-state index contributed by atoms with van der Waals surface area (Å²) in [7, 11) is 2.05. The maximum atomic E-state index is 11.7. The van der Waals surface area contributed by atoms with Crippen LogP contribution >= 0.6 is 0 Å². The lowest BCUT2D eigenvalue weighted by molar-refractivity contribution is -0.142. The van der Waals surface area contributed by atoms with Crippen molar-refractivity contribution in [2.24, 2.45) is 0 Å². The summed E-state index contributed by atoms with van der Waals surface area (Å²) in [6.45, 7) is 3.79. The van der Waals surface area contributed by atoms with E-state index in [9.17, 15) is 9.90 Å². The molecule has 0 radical (unpaired) electrons. The normalized spacial score (nSPS) is 24.7. The van der Waals surface area contributed by atoms with Crippen molar-refractivity contribution in [2.45, 2.75) is 31.7 Å². The van der Waals surface area contributed by atoms with Gasteiger partial charge in [-0.05, 0) is 57.5 Å². The molecule has 1 aromatic carbocycles. The third-order valence-corrected chi connectivity index (χ3v) is 3.87. The van der Waals surface area contributed by atoms with Crippen molar-refractivity contribution in [1.82, 2.24) is 4.90 Å². The molecule has 2 rings (SSSR count). The molecule has 104 valence electrons. The number of hydrogen-bond donors (Lipinski definition) is 2. The molecule has 1 aliphatic heterocycles. The molecule has 1 aromatic rings. The average Bonchev–Trinajstić information content (AvgIpc) is 2.53. The van der Waals surface area contributed by atoms with Gasteiger partial charge < -0.3 is 15.3 Å². The van der Waals surface area contributed by atoms with Crippen molar-refractivity contribution in [1.29, 1.82) is 0 Å². The highest BCUT2D eigenvalue weighted by molar-refractivity contribution is 5.83. The van der Waals surface area contributed by atoms with Crippen LogP contribution in [0.3, 0.4) is 0 Å². The maximum absolute atomic E-state index is 11.7. The first-order valence-electron chi connectivity index (χ1n) is 6.79. The van der Waals surface area contributed by atoms with E-state index in [4.69, 9.17) is 0 Å². The van der Waals surface area contributed by atoms with E-state index in [1.807, 2.05) is 38.2 Å². The zero-order valence-corrected chi connectivity index (χ0v) is 11.6. The molecule has 0 aromatic heterocycles. The molecule has 0 amide bonds. The summed E-state index contributed by atoms with van der Waals surface area (Å²) in [5.74, 6) is -0.746. The van der Waals surface area contributed by atoms with Crippen molar-refractivity contribution >= 4 is 11.7 Å². The Bertz CT molecular complexity index is 461. The second-order valence-corrected chi connectivity index (χ2v) is 5.54. The van der Waals surface area contributed by atoms with Crippen LogP contribution in [0.5, 0.6) is 0 Å². The number of benzene rings is 1. The minimum atomic E-state index is -0.835. The van der Waals surface area contributed by atoms with Gasteiger partial charge in [0.2, 0.25) is 0 Å². The Morgan fingerprint density at radius 1 is 1.37 bits per heavy atom. The molecule has 0 spiro atoms. The Morgan fingerprint density at radius 2 is 2.16 bits per heavy atom. The summed E-state index contributed by atoms with van der Waals surface area (Å²) >= 11 is 0. The van der Waals surface area contributed by atoms with Gasteiger partial charge in [-0.25, -0.2) is 4.79 Å². The summed E-state index contributed by atoms with van der Waals surface area (Å²) in [5, 5.41) is 12.9. The lowest BCUT2D eigenvalue weighted by Gasteiger charge is -2.30. The highest BCUT2D eigenvalue weighted by Gasteiger charge is 2.39. The van der Waals surface area contributed by atoms with E-state index >= 15 is 0 Å². The van der Waals surface area contributed by atoms with Gasteiger partial charge in [0, 0.05) is 12.2 Å². The van der Waals surface area contributed by atoms with Gasteiger partial charge in [-0.15, -0.1) is 0 Å². The number of anilines is 1. The van der Waals surface area contributed by atoms with E-state index in [0.29, 0.717) is 12.8 Å². The van der Waals surface area contributed by atoms with E-state index in [1.54, 1.807) is 0 Å². The molecule has 1 unspecified atom stereocenters. The predicted molar refractivity (Wildman–Crippen MR) is 76.5 cm³/mol. The molecule has 0 saturated carbocycles. The van der Waals surface area contributed by atoms with E-state index in [2.05, 4.69) is 10.2 Å². The second-order valence-electron chi connectivity index (χ2n) is 5.54. The van der Waals surface area contributed by atoms with Gasteiger partial charge in [-0.3, -0.25) is 0 Å². The average molecular weight is 262 g/mol. The lowest BCUT2D eigenvalue weighted by Crippen LogP contribution is -2.47. The van der Waals surface area contributed by atoms with Gasteiger partial charge in [-0.1, -0.05) is 12.1 Å². The van der Waals surface area contributed by atoms with E-state index in [-0.39, 0.29) is 0 Å². The smallest absolute Gasteiger partial charge is 0.329 e. The number of likely N-dealkylation sites (tertiary alicyclic amines) is 1. The lowest BCUT2D eigenvalue weighted by atomic mass is 9.90. The zero-order chi connectivity index (χ0) is 13.9. The van der Waals surface area contributed by atoms with Gasteiger partial charge in [0.25, 0.3) is 0 Å². The fourth-order valence-electron chi connectivity index (χ4n) is 2.66. The highest BCUT2D eigenvalue weighted by Crippen LogP contribution is 2.27. The number of aryl methyl sites for hydroxylation is 1. The molecule has 2 N–H and O–H groups in total. The van der Waals surface area contributed by atoms with Crippen LogP contribution < -0.4 is 5.32 Å². The van der Waals surface area contributed by atoms with Crippen molar-refractivity contribution < 1.29 is 9.90 Å². The fraction of sp³-hybridized carbons (Fsp3) is 0.533. The first-order chi connectivity index (χ1) is 9.02. The summed E-state index contributed by atoms with van der Waals surface area (Å²) in [5.41, 5.74) is 1.20. The monoisotopic (exact) mass is 262 g/mol. The number of nitrogens with one attached hydrogen (secondary N) is 1. The molecule has 19 heavy (non-hydrogen) atoms. The van der Waals surface area contributed by atoms with Gasteiger partial charge >= 0.3 is 5.97 Å². The molecule has 1 atom stereocenters. The largest absolute Gasteiger partial charge is 0.480 e. The van der Waals surface area contributed by atoms with Crippen LogP contribution in [0.4, 0.5) is 5.69 Å². The molecule has 1 heterocycles. The highest BCUT2D eigenvalue weighted by atomic mass is 16.4. The molecule has 0 bridgehead atoms. The van der Waals surface area contributed by atoms with E-state index in [1.165, 1.54) is 0 Å². The Labute approximate surface area is 114 Å². The predicted octanol–water partition coefficient (Wildman–Crippen LogP) is 2.35. The molecular formula is C15H22N2O2. The zero-order valence-electron chi connectivity index (χ0n) is 11.6. The Hall–Kier alpha value is -1.55. The van der Waals surface area contributed by atoms with Crippen molar-refractivity contribution in [3.05, 3.63) is 29.8 Å². The summed E-state index contributed by atoms with van der Waals surface area (Å²) in [6.07, 6.45) is 2.20. The van der Waals surface area contributed by atoms with Crippen LogP contribution in [-0.4, -0.2) is 41.7 Å². The summed E-state index contributed by atoms with van der Waals surface area (Å²) < 4.78 is 0. The van der Waals surface area contributed by atoms with Gasteiger partial charge in [0.05, 0.1) is 0 Å². The van der Waals surface area contributed by atoms with Crippen molar-refractivity contribution in [3.63, 3.8) is 0 Å².